The van der Waals surface area contributed by atoms with Crippen molar-refractivity contribution in [3.8, 4) is 22.6 Å². The summed E-state index contributed by atoms with van der Waals surface area (Å²) in [7, 11) is 0. The highest BCUT2D eigenvalue weighted by Crippen LogP contribution is 2.40. The highest BCUT2D eigenvalue weighted by atomic mass is 14.9. The second kappa shape index (κ2) is 13.5. The van der Waals surface area contributed by atoms with Crippen LogP contribution < -0.4 is 0 Å². The Hall–Kier alpha value is -2.55. The Labute approximate surface area is 212 Å². The second-order valence-electron chi connectivity index (χ2n) is 10.5. The maximum absolute atomic E-state index is 4.85. The molecule has 1 fully saturated rings. The van der Waals surface area contributed by atoms with Gasteiger partial charge in [-0.25, -0.2) is 9.97 Å². The summed E-state index contributed by atoms with van der Waals surface area (Å²) in [6.45, 7) is 4.58. The lowest BCUT2D eigenvalue weighted by atomic mass is 9.76. The van der Waals surface area contributed by atoms with Gasteiger partial charge in [0.15, 0.2) is 5.82 Å². The molecule has 1 saturated carbocycles. The van der Waals surface area contributed by atoms with E-state index in [9.17, 15) is 0 Å². The first-order chi connectivity index (χ1) is 17.3. The SMILES string of the molecule is CCCCCCCCc1cnc(-c2ccc(-c3ccccc3C3CCC(CCC)CC3)nc2)nc1. The van der Waals surface area contributed by atoms with Crippen molar-refractivity contribution in [2.75, 3.05) is 0 Å². The third-order valence-corrected chi connectivity index (χ3v) is 7.77. The lowest BCUT2D eigenvalue weighted by molar-refractivity contribution is 0.308. The Balaban J connectivity index is 1.37. The van der Waals surface area contributed by atoms with E-state index >= 15 is 0 Å². The molecule has 0 unspecified atom stereocenters. The molecule has 0 amide bonds. The van der Waals surface area contributed by atoms with Crippen molar-refractivity contribution in [1.29, 1.82) is 0 Å². The van der Waals surface area contributed by atoms with Crippen LogP contribution in [0, 0.1) is 5.92 Å². The molecular weight excluding hydrogens is 426 g/mol. The summed E-state index contributed by atoms with van der Waals surface area (Å²) < 4.78 is 0. The van der Waals surface area contributed by atoms with Gasteiger partial charge in [-0.1, -0.05) is 83.1 Å². The van der Waals surface area contributed by atoms with E-state index in [4.69, 9.17) is 4.98 Å². The van der Waals surface area contributed by atoms with Gasteiger partial charge in [0.1, 0.15) is 0 Å². The number of hydrogen-bond donors (Lipinski definition) is 0. The van der Waals surface area contributed by atoms with Crippen LogP contribution in [-0.2, 0) is 6.42 Å². The summed E-state index contributed by atoms with van der Waals surface area (Å²) in [5.41, 5.74) is 6.03. The van der Waals surface area contributed by atoms with E-state index in [2.05, 4.69) is 60.2 Å². The quantitative estimate of drug-likeness (QED) is 0.248. The van der Waals surface area contributed by atoms with Crippen molar-refractivity contribution >= 4 is 0 Å². The molecular formula is C32H43N3. The van der Waals surface area contributed by atoms with Crippen LogP contribution in [0.2, 0.25) is 0 Å². The molecule has 3 nitrogen and oxygen atoms in total. The van der Waals surface area contributed by atoms with E-state index in [0.717, 1.165) is 29.4 Å². The Bertz CT molecular complexity index is 1000. The van der Waals surface area contributed by atoms with Crippen molar-refractivity contribution in [2.45, 2.75) is 103 Å². The van der Waals surface area contributed by atoms with Crippen LogP contribution >= 0.6 is 0 Å². The first-order valence-electron chi connectivity index (χ1n) is 14.1. The molecule has 0 atom stereocenters. The highest BCUT2D eigenvalue weighted by Gasteiger charge is 2.24. The van der Waals surface area contributed by atoms with Crippen molar-refractivity contribution in [3.63, 3.8) is 0 Å². The average Bonchev–Trinajstić information content (AvgIpc) is 2.92. The van der Waals surface area contributed by atoms with Crippen LogP contribution in [0.3, 0.4) is 0 Å². The first kappa shape index (κ1) is 25.5. The molecule has 0 N–H and O–H groups in total. The molecule has 0 bridgehead atoms. The minimum Gasteiger partial charge on any atom is -0.255 e. The molecule has 0 spiro atoms. The third-order valence-electron chi connectivity index (χ3n) is 7.77. The van der Waals surface area contributed by atoms with Gasteiger partial charge in [0.2, 0.25) is 0 Å². The van der Waals surface area contributed by atoms with Gasteiger partial charge in [-0.05, 0) is 73.6 Å². The Morgan fingerprint density at radius 1 is 0.714 bits per heavy atom. The average molecular weight is 470 g/mol. The molecule has 1 aromatic carbocycles. The lowest BCUT2D eigenvalue weighted by Crippen LogP contribution is -2.14. The second-order valence-corrected chi connectivity index (χ2v) is 10.5. The molecule has 186 valence electrons. The zero-order chi connectivity index (χ0) is 24.3. The predicted molar refractivity (Wildman–Crippen MR) is 147 cm³/mol. The number of aromatic nitrogens is 3. The molecule has 3 aromatic rings. The van der Waals surface area contributed by atoms with E-state index in [1.165, 1.54) is 93.7 Å². The zero-order valence-corrected chi connectivity index (χ0v) is 21.9. The van der Waals surface area contributed by atoms with Gasteiger partial charge in [-0.15, -0.1) is 0 Å². The molecule has 0 radical (unpaired) electrons. The smallest absolute Gasteiger partial charge is 0.160 e. The van der Waals surface area contributed by atoms with Crippen LogP contribution in [0.25, 0.3) is 22.6 Å². The lowest BCUT2D eigenvalue weighted by Gasteiger charge is -2.29. The molecule has 3 heteroatoms. The minimum atomic E-state index is 0.656. The Kier molecular flexibility index (Phi) is 9.86. The summed E-state index contributed by atoms with van der Waals surface area (Å²) in [6, 6.07) is 13.2. The fourth-order valence-corrected chi connectivity index (χ4v) is 5.68. The molecule has 2 aromatic heterocycles. The van der Waals surface area contributed by atoms with Crippen molar-refractivity contribution in [3.05, 3.63) is 66.1 Å². The molecule has 0 aliphatic heterocycles. The van der Waals surface area contributed by atoms with Crippen LogP contribution in [0.4, 0.5) is 0 Å². The maximum Gasteiger partial charge on any atom is 0.160 e. The molecule has 35 heavy (non-hydrogen) atoms. The van der Waals surface area contributed by atoms with Crippen LogP contribution in [-0.4, -0.2) is 15.0 Å². The van der Waals surface area contributed by atoms with E-state index < -0.39 is 0 Å². The largest absolute Gasteiger partial charge is 0.255 e. The van der Waals surface area contributed by atoms with Gasteiger partial charge < -0.3 is 0 Å². The third kappa shape index (κ3) is 7.22. The summed E-state index contributed by atoms with van der Waals surface area (Å²) >= 11 is 0. The number of benzene rings is 1. The minimum absolute atomic E-state index is 0.656. The Morgan fingerprint density at radius 2 is 1.46 bits per heavy atom. The van der Waals surface area contributed by atoms with Gasteiger partial charge in [0.25, 0.3) is 0 Å². The van der Waals surface area contributed by atoms with Crippen molar-refractivity contribution in [2.24, 2.45) is 5.92 Å². The van der Waals surface area contributed by atoms with E-state index in [1.54, 1.807) is 0 Å². The monoisotopic (exact) mass is 469 g/mol. The number of nitrogens with zero attached hydrogens (tertiary/aromatic N) is 3. The number of unbranched alkanes of at least 4 members (excludes halogenated alkanes) is 5. The van der Waals surface area contributed by atoms with Crippen LogP contribution in [0.5, 0.6) is 0 Å². The highest BCUT2D eigenvalue weighted by molar-refractivity contribution is 5.67. The fourth-order valence-electron chi connectivity index (χ4n) is 5.68. The summed E-state index contributed by atoms with van der Waals surface area (Å²) in [5, 5.41) is 0. The van der Waals surface area contributed by atoms with Gasteiger partial charge in [0.05, 0.1) is 5.69 Å². The van der Waals surface area contributed by atoms with E-state index in [0.29, 0.717) is 5.92 Å². The van der Waals surface area contributed by atoms with Gasteiger partial charge in [0, 0.05) is 29.7 Å². The molecule has 0 saturated heterocycles. The number of rotatable bonds is 12. The number of aryl methyl sites for hydroxylation is 1. The molecule has 2 heterocycles. The van der Waals surface area contributed by atoms with Crippen molar-refractivity contribution < 1.29 is 0 Å². The van der Waals surface area contributed by atoms with Crippen LogP contribution in [0.1, 0.15) is 108 Å². The van der Waals surface area contributed by atoms with Crippen molar-refractivity contribution in [1.82, 2.24) is 15.0 Å². The standard InChI is InChI=1S/C32H43N3/c1-3-5-6-7-8-9-13-26-22-34-32(35-23-26)28-20-21-31(33-24-28)30-15-11-10-14-29(30)27-18-16-25(12-4-2)17-19-27/h10-11,14-15,20-25,27H,3-9,12-13,16-19H2,1-2H3. The summed E-state index contributed by atoms with van der Waals surface area (Å²) in [5.74, 6) is 2.35. The van der Waals surface area contributed by atoms with Gasteiger partial charge >= 0.3 is 0 Å². The Morgan fingerprint density at radius 3 is 2.17 bits per heavy atom. The first-order valence-corrected chi connectivity index (χ1v) is 14.1. The molecule has 1 aliphatic carbocycles. The number of hydrogen-bond acceptors (Lipinski definition) is 3. The van der Waals surface area contributed by atoms with Gasteiger partial charge in [-0.3, -0.25) is 4.98 Å². The predicted octanol–water partition coefficient (Wildman–Crippen LogP) is 9.18. The summed E-state index contributed by atoms with van der Waals surface area (Å²) in [6.07, 6.45) is 22.9. The fraction of sp³-hybridized carbons (Fsp3) is 0.531. The van der Waals surface area contributed by atoms with E-state index in [1.807, 2.05) is 18.6 Å². The van der Waals surface area contributed by atoms with Gasteiger partial charge in [-0.2, -0.15) is 0 Å². The van der Waals surface area contributed by atoms with Crippen LogP contribution in [0.15, 0.2) is 55.0 Å². The number of pyridine rings is 1. The molecule has 1 aliphatic rings. The maximum atomic E-state index is 4.85. The van der Waals surface area contributed by atoms with E-state index in [-0.39, 0.29) is 0 Å². The summed E-state index contributed by atoms with van der Waals surface area (Å²) in [4.78, 5) is 14.1. The normalized spacial score (nSPS) is 18.0. The topological polar surface area (TPSA) is 38.7 Å². The zero-order valence-electron chi connectivity index (χ0n) is 21.9. The molecule has 4 rings (SSSR count).